The molecule has 140 valence electrons. The van der Waals surface area contributed by atoms with Gasteiger partial charge in [-0.3, -0.25) is 0 Å². The Hall–Kier alpha value is -1.70. The summed E-state index contributed by atoms with van der Waals surface area (Å²) in [6, 6.07) is 14.5. The van der Waals surface area contributed by atoms with Crippen molar-refractivity contribution in [1.82, 2.24) is 4.31 Å². The van der Waals surface area contributed by atoms with Crippen LogP contribution in [0, 0.1) is 0 Å². The summed E-state index contributed by atoms with van der Waals surface area (Å²) in [5.74, 6) is -0.191. The minimum absolute atomic E-state index is 0.191. The quantitative estimate of drug-likeness (QED) is 0.757. The van der Waals surface area contributed by atoms with Crippen molar-refractivity contribution in [3.05, 3.63) is 60.2 Å². The van der Waals surface area contributed by atoms with E-state index in [1.54, 1.807) is 54.6 Å². The van der Waals surface area contributed by atoms with Crippen LogP contribution in [-0.4, -0.2) is 39.5 Å². The van der Waals surface area contributed by atoms with Crippen LogP contribution in [0.2, 0.25) is 0 Å². The minimum atomic E-state index is -3.70. The van der Waals surface area contributed by atoms with Crippen LogP contribution < -0.4 is 0 Å². The van der Waals surface area contributed by atoms with Gasteiger partial charge in [0.05, 0.1) is 15.5 Å². The zero-order chi connectivity index (χ0) is 18.8. The average molecular weight is 394 g/mol. The number of hydrogen-bond donors (Lipinski definition) is 0. The van der Waals surface area contributed by atoms with Gasteiger partial charge in [-0.05, 0) is 49.1 Å². The molecule has 0 radical (unpaired) electrons. The molecule has 2 aromatic rings. The molecule has 0 saturated carbocycles. The number of aryl methyl sites for hydroxylation is 1. The second kappa shape index (κ2) is 7.50. The van der Waals surface area contributed by atoms with E-state index in [4.69, 9.17) is 0 Å². The van der Waals surface area contributed by atoms with Gasteiger partial charge in [-0.2, -0.15) is 4.31 Å². The zero-order valence-electron chi connectivity index (χ0n) is 14.7. The summed E-state index contributed by atoms with van der Waals surface area (Å²) in [5.41, 5.74) is 1.06. The van der Waals surface area contributed by atoms with Crippen LogP contribution in [0.5, 0.6) is 0 Å². The molecule has 1 atom stereocenters. The summed E-state index contributed by atoms with van der Waals surface area (Å²) >= 11 is 0. The molecule has 1 fully saturated rings. The van der Waals surface area contributed by atoms with Crippen molar-refractivity contribution in [2.45, 2.75) is 42.0 Å². The highest BCUT2D eigenvalue weighted by atomic mass is 32.2. The molecule has 3 rings (SSSR count). The van der Waals surface area contributed by atoms with Gasteiger partial charge in [0.2, 0.25) is 10.0 Å². The van der Waals surface area contributed by atoms with Crippen molar-refractivity contribution >= 4 is 19.9 Å². The highest BCUT2D eigenvalue weighted by Gasteiger charge is 2.38. The van der Waals surface area contributed by atoms with Gasteiger partial charge in [-0.1, -0.05) is 37.3 Å². The normalized spacial score (nSPS) is 18.9. The molecule has 1 saturated heterocycles. The molecule has 5 nitrogen and oxygen atoms in total. The number of rotatable bonds is 6. The van der Waals surface area contributed by atoms with E-state index < -0.39 is 25.9 Å². The maximum Gasteiger partial charge on any atom is 0.243 e. The van der Waals surface area contributed by atoms with Gasteiger partial charge in [-0.15, -0.1) is 0 Å². The summed E-state index contributed by atoms with van der Waals surface area (Å²) in [7, 11) is -7.23. The van der Waals surface area contributed by atoms with E-state index in [1.165, 1.54) is 4.31 Å². The summed E-state index contributed by atoms with van der Waals surface area (Å²) in [4.78, 5) is 0.454. The second-order valence-electron chi connectivity index (χ2n) is 6.50. The summed E-state index contributed by atoms with van der Waals surface area (Å²) in [6.07, 6.45) is 2.06. The molecule has 1 aliphatic heterocycles. The third-order valence-electron chi connectivity index (χ3n) is 4.78. The van der Waals surface area contributed by atoms with Crippen molar-refractivity contribution in [3.63, 3.8) is 0 Å². The van der Waals surface area contributed by atoms with Crippen LogP contribution >= 0.6 is 0 Å². The summed E-state index contributed by atoms with van der Waals surface area (Å²) < 4.78 is 52.7. The molecule has 26 heavy (non-hydrogen) atoms. The first-order valence-electron chi connectivity index (χ1n) is 8.73. The standard InChI is InChI=1S/C19H23NO4S2/c1-2-16-10-12-19(13-11-16)26(23,24)20-14-6-7-17(20)15-25(21,22)18-8-4-3-5-9-18/h3-5,8-13,17H,2,6-7,14-15H2,1H3. The van der Waals surface area contributed by atoms with Crippen LogP contribution in [0.4, 0.5) is 0 Å². The van der Waals surface area contributed by atoms with Crippen LogP contribution in [0.1, 0.15) is 25.3 Å². The molecular formula is C19H23NO4S2. The SMILES string of the molecule is CCc1ccc(S(=O)(=O)N2CCCC2CS(=O)(=O)c2ccccc2)cc1. The Morgan fingerprint density at radius 1 is 0.923 bits per heavy atom. The highest BCUT2D eigenvalue weighted by molar-refractivity contribution is 7.91. The van der Waals surface area contributed by atoms with Gasteiger partial charge in [0.1, 0.15) is 0 Å². The molecule has 0 aliphatic carbocycles. The lowest BCUT2D eigenvalue weighted by molar-refractivity contribution is 0.408. The van der Waals surface area contributed by atoms with Gasteiger partial charge in [0, 0.05) is 12.6 Å². The first kappa shape index (κ1) is 19.1. The Labute approximate surface area is 155 Å². The Morgan fingerprint density at radius 3 is 2.19 bits per heavy atom. The molecule has 0 spiro atoms. The Kier molecular flexibility index (Phi) is 5.50. The van der Waals surface area contributed by atoms with Gasteiger partial charge in [0.15, 0.2) is 9.84 Å². The molecular weight excluding hydrogens is 370 g/mol. The third-order valence-corrected chi connectivity index (χ3v) is 8.56. The minimum Gasteiger partial charge on any atom is -0.224 e. The van der Waals surface area contributed by atoms with E-state index in [9.17, 15) is 16.8 Å². The number of sulfone groups is 1. The molecule has 1 aliphatic rings. The first-order valence-corrected chi connectivity index (χ1v) is 11.8. The lowest BCUT2D eigenvalue weighted by Gasteiger charge is -2.24. The molecule has 7 heteroatoms. The molecule has 0 N–H and O–H groups in total. The highest BCUT2D eigenvalue weighted by Crippen LogP contribution is 2.28. The predicted molar refractivity (Wildman–Crippen MR) is 101 cm³/mol. The molecule has 0 aromatic heterocycles. The lowest BCUT2D eigenvalue weighted by Crippen LogP contribution is -2.39. The van der Waals surface area contributed by atoms with Gasteiger partial charge in [-0.25, -0.2) is 16.8 Å². The van der Waals surface area contributed by atoms with E-state index in [0.29, 0.717) is 19.4 Å². The fraction of sp³-hybridized carbons (Fsp3) is 0.368. The van der Waals surface area contributed by atoms with E-state index >= 15 is 0 Å². The first-order chi connectivity index (χ1) is 12.3. The third kappa shape index (κ3) is 3.84. The van der Waals surface area contributed by atoms with Crippen LogP contribution in [0.3, 0.4) is 0 Å². The van der Waals surface area contributed by atoms with Crippen LogP contribution in [0.25, 0.3) is 0 Å². The second-order valence-corrected chi connectivity index (χ2v) is 10.4. The number of nitrogens with zero attached hydrogens (tertiary/aromatic N) is 1. The zero-order valence-corrected chi connectivity index (χ0v) is 16.3. The van der Waals surface area contributed by atoms with E-state index in [-0.39, 0.29) is 15.5 Å². The largest absolute Gasteiger partial charge is 0.243 e. The topological polar surface area (TPSA) is 71.5 Å². The number of sulfonamides is 1. The smallest absolute Gasteiger partial charge is 0.224 e. The molecule has 1 unspecified atom stereocenters. The number of benzene rings is 2. The molecule has 0 bridgehead atoms. The fourth-order valence-corrected chi connectivity index (χ4v) is 6.71. The van der Waals surface area contributed by atoms with Crippen molar-refractivity contribution in [3.8, 4) is 0 Å². The van der Waals surface area contributed by atoms with Gasteiger partial charge in [0.25, 0.3) is 0 Å². The van der Waals surface area contributed by atoms with Crippen LogP contribution in [0.15, 0.2) is 64.4 Å². The predicted octanol–water partition coefficient (Wildman–Crippen LogP) is 2.88. The Balaban J connectivity index is 1.85. The van der Waals surface area contributed by atoms with E-state index in [1.807, 2.05) is 6.92 Å². The van der Waals surface area contributed by atoms with Gasteiger partial charge < -0.3 is 0 Å². The maximum atomic E-state index is 13.0. The summed E-state index contributed by atoms with van der Waals surface area (Å²) in [6.45, 7) is 2.36. The lowest BCUT2D eigenvalue weighted by atomic mass is 10.2. The molecule has 1 heterocycles. The average Bonchev–Trinajstić information content (AvgIpc) is 3.11. The van der Waals surface area contributed by atoms with E-state index in [0.717, 1.165) is 12.0 Å². The van der Waals surface area contributed by atoms with Crippen molar-refractivity contribution in [2.24, 2.45) is 0 Å². The van der Waals surface area contributed by atoms with E-state index in [2.05, 4.69) is 0 Å². The molecule has 2 aromatic carbocycles. The Morgan fingerprint density at radius 2 is 1.58 bits per heavy atom. The van der Waals surface area contributed by atoms with Crippen molar-refractivity contribution in [2.75, 3.05) is 12.3 Å². The Bertz CT molecular complexity index is 952. The monoisotopic (exact) mass is 393 g/mol. The molecule has 0 amide bonds. The van der Waals surface area contributed by atoms with Crippen molar-refractivity contribution in [1.29, 1.82) is 0 Å². The summed E-state index contributed by atoms with van der Waals surface area (Å²) in [5, 5.41) is 0. The van der Waals surface area contributed by atoms with Crippen molar-refractivity contribution < 1.29 is 16.8 Å². The number of hydrogen-bond acceptors (Lipinski definition) is 4. The fourth-order valence-electron chi connectivity index (χ4n) is 3.30. The maximum absolute atomic E-state index is 13.0. The van der Waals surface area contributed by atoms with Crippen LogP contribution in [-0.2, 0) is 26.3 Å². The van der Waals surface area contributed by atoms with Gasteiger partial charge >= 0.3 is 0 Å².